The van der Waals surface area contributed by atoms with Crippen LogP contribution in [-0.4, -0.2) is 6.54 Å². The summed E-state index contributed by atoms with van der Waals surface area (Å²) in [5, 5.41) is 2.97. The first kappa shape index (κ1) is 15.5. The van der Waals surface area contributed by atoms with Crippen LogP contribution in [-0.2, 0) is 18.8 Å². The van der Waals surface area contributed by atoms with Gasteiger partial charge in [0.15, 0.2) is 0 Å². The molecule has 3 heteroatoms. The fourth-order valence-electron chi connectivity index (χ4n) is 2.45. The van der Waals surface area contributed by atoms with Crippen molar-refractivity contribution in [2.75, 3.05) is 11.9 Å². The predicted octanol–water partition coefficient (Wildman–Crippen LogP) is 5.02. The Labute approximate surface area is 125 Å². The molecule has 0 saturated heterocycles. The van der Waals surface area contributed by atoms with Gasteiger partial charge < -0.3 is 5.32 Å². The summed E-state index contributed by atoms with van der Waals surface area (Å²) in [5.41, 5.74) is 3.07. The van der Waals surface area contributed by atoms with Crippen LogP contribution >= 0.6 is 0 Å². The largest absolute Gasteiger partial charge is 0.378 e. The van der Waals surface area contributed by atoms with E-state index in [0.717, 1.165) is 29.7 Å². The van der Waals surface area contributed by atoms with E-state index < -0.39 is 5.92 Å². The van der Waals surface area contributed by atoms with E-state index in [1.54, 1.807) is 18.2 Å². The zero-order valence-corrected chi connectivity index (χ0v) is 12.5. The molecule has 0 saturated carbocycles. The number of hydrogen-bond donors (Lipinski definition) is 1. The highest BCUT2D eigenvalue weighted by atomic mass is 19.3. The quantitative estimate of drug-likeness (QED) is 0.787. The van der Waals surface area contributed by atoms with Crippen molar-refractivity contribution < 1.29 is 8.78 Å². The van der Waals surface area contributed by atoms with E-state index in [0.29, 0.717) is 0 Å². The monoisotopic (exact) mass is 289 g/mol. The first-order chi connectivity index (χ1) is 10.1. The van der Waals surface area contributed by atoms with Crippen molar-refractivity contribution >= 4 is 5.69 Å². The molecule has 0 aliphatic carbocycles. The normalized spacial score (nSPS) is 11.4. The summed E-state index contributed by atoms with van der Waals surface area (Å²) in [6.45, 7) is 3.69. The fourth-order valence-corrected chi connectivity index (χ4v) is 2.45. The van der Waals surface area contributed by atoms with Gasteiger partial charge in [0.05, 0.1) is 6.54 Å². The Morgan fingerprint density at radius 3 is 1.95 bits per heavy atom. The lowest BCUT2D eigenvalue weighted by atomic mass is 10.0. The summed E-state index contributed by atoms with van der Waals surface area (Å²) >= 11 is 0. The van der Waals surface area contributed by atoms with Gasteiger partial charge in [0.25, 0.3) is 5.92 Å². The van der Waals surface area contributed by atoms with E-state index in [9.17, 15) is 8.78 Å². The van der Waals surface area contributed by atoms with Crippen LogP contribution in [0.1, 0.15) is 30.5 Å². The molecular weight excluding hydrogens is 268 g/mol. The number of alkyl halides is 2. The highest BCUT2D eigenvalue weighted by Gasteiger charge is 2.31. The summed E-state index contributed by atoms with van der Waals surface area (Å²) in [7, 11) is 0. The van der Waals surface area contributed by atoms with Crippen molar-refractivity contribution in [2.45, 2.75) is 32.6 Å². The van der Waals surface area contributed by atoms with Gasteiger partial charge in [-0.3, -0.25) is 0 Å². The van der Waals surface area contributed by atoms with Crippen LogP contribution in [0, 0.1) is 0 Å². The van der Waals surface area contributed by atoms with Gasteiger partial charge in [0.2, 0.25) is 0 Å². The summed E-state index contributed by atoms with van der Waals surface area (Å²) < 4.78 is 28.5. The van der Waals surface area contributed by atoms with Crippen molar-refractivity contribution in [1.29, 1.82) is 0 Å². The Morgan fingerprint density at radius 1 is 0.857 bits per heavy atom. The molecule has 0 amide bonds. The summed E-state index contributed by atoms with van der Waals surface area (Å²) in [4.78, 5) is 0. The van der Waals surface area contributed by atoms with Gasteiger partial charge in [0.1, 0.15) is 0 Å². The third kappa shape index (κ3) is 3.60. The molecule has 0 radical (unpaired) electrons. The van der Waals surface area contributed by atoms with E-state index in [1.165, 1.54) is 12.1 Å². The highest BCUT2D eigenvalue weighted by molar-refractivity contribution is 5.58. The Balaban J connectivity index is 2.20. The number of para-hydroxylation sites is 1. The summed E-state index contributed by atoms with van der Waals surface area (Å²) in [5.74, 6) is -2.88. The Bertz CT molecular complexity index is 557. The van der Waals surface area contributed by atoms with Crippen molar-refractivity contribution in [2.24, 2.45) is 0 Å². The second kappa shape index (κ2) is 6.70. The average Bonchev–Trinajstić information content (AvgIpc) is 2.53. The number of anilines is 1. The molecule has 0 aromatic heterocycles. The molecule has 0 atom stereocenters. The molecule has 0 aliphatic rings. The smallest absolute Gasteiger partial charge is 0.290 e. The van der Waals surface area contributed by atoms with E-state index in [4.69, 9.17) is 0 Å². The van der Waals surface area contributed by atoms with Crippen molar-refractivity contribution in [3.8, 4) is 0 Å². The van der Waals surface area contributed by atoms with Gasteiger partial charge in [-0.25, -0.2) is 0 Å². The van der Waals surface area contributed by atoms with Crippen LogP contribution in [0.25, 0.3) is 0 Å². The van der Waals surface area contributed by atoms with Gasteiger partial charge in [0, 0.05) is 11.3 Å². The molecule has 0 bridgehead atoms. The molecule has 21 heavy (non-hydrogen) atoms. The zero-order chi connectivity index (χ0) is 15.3. The van der Waals surface area contributed by atoms with Crippen LogP contribution in [0.3, 0.4) is 0 Å². The van der Waals surface area contributed by atoms with E-state index >= 15 is 0 Å². The molecule has 0 spiro atoms. The maximum absolute atomic E-state index is 14.3. The van der Waals surface area contributed by atoms with Crippen molar-refractivity contribution in [3.05, 3.63) is 65.2 Å². The van der Waals surface area contributed by atoms with Crippen LogP contribution in [0.2, 0.25) is 0 Å². The fraction of sp³-hybridized carbons (Fsp3) is 0.333. The molecule has 112 valence electrons. The van der Waals surface area contributed by atoms with E-state index in [2.05, 4.69) is 5.32 Å². The third-order valence-corrected chi connectivity index (χ3v) is 3.68. The van der Waals surface area contributed by atoms with Crippen LogP contribution < -0.4 is 5.32 Å². The molecule has 2 rings (SSSR count). The first-order valence-electron chi connectivity index (χ1n) is 7.36. The molecule has 2 aromatic rings. The van der Waals surface area contributed by atoms with Crippen molar-refractivity contribution in [1.82, 2.24) is 0 Å². The minimum atomic E-state index is -2.88. The number of rotatable bonds is 6. The number of halogens is 2. The molecule has 1 nitrogen and oxygen atoms in total. The minimum Gasteiger partial charge on any atom is -0.378 e. The minimum absolute atomic E-state index is 0.0459. The van der Waals surface area contributed by atoms with Gasteiger partial charge in [-0.1, -0.05) is 62.4 Å². The third-order valence-electron chi connectivity index (χ3n) is 3.68. The molecule has 0 aliphatic heterocycles. The molecular formula is C18H21F2N. The second-order valence-electron chi connectivity index (χ2n) is 5.08. The average molecular weight is 289 g/mol. The summed E-state index contributed by atoms with van der Waals surface area (Å²) in [6.07, 6.45) is 1.65. The maximum atomic E-state index is 14.3. The standard InChI is InChI=1S/C18H21F2N/c1-3-14-9-8-10-15(4-2)17(14)21-13-18(19,20)16-11-6-5-7-12-16/h5-12,21H,3-4,13H2,1-2H3. The molecule has 0 heterocycles. The summed E-state index contributed by atoms with van der Waals surface area (Å²) in [6, 6.07) is 13.9. The topological polar surface area (TPSA) is 12.0 Å². The number of hydrogen-bond acceptors (Lipinski definition) is 1. The van der Waals surface area contributed by atoms with Gasteiger partial charge in [-0.15, -0.1) is 0 Å². The Kier molecular flexibility index (Phi) is 4.94. The lowest BCUT2D eigenvalue weighted by Gasteiger charge is -2.21. The molecule has 1 N–H and O–H groups in total. The van der Waals surface area contributed by atoms with Crippen LogP contribution in [0.5, 0.6) is 0 Å². The predicted molar refractivity (Wildman–Crippen MR) is 84.0 cm³/mol. The molecule has 0 fully saturated rings. The lowest BCUT2D eigenvalue weighted by molar-refractivity contribution is 0.0106. The SMILES string of the molecule is CCc1cccc(CC)c1NCC(F)(F)c1ccccc1. The lowest BCUT2D eigenvalue weighted by Crippen LogP contribution is -2.25. The zero-order valence-electron chi connectivity index (χ0n) is 12.5. The first-order valence-corrected chi connectivity index (χ1v) is 7.36. The van der Waals surface area contributed by atoms with Crippen LogP contribution in [0.15, 0.2) is 48.5 Å². The van der Waals surface area contributed by atoms with E-state index in [-0.39, 0.29) is 12.1 Å². The van der Waals surface area contributed by atoms with Gasteiger partial charge >= 0.3 is 0 Å². The number of aryl methyl sites for hydroxylation is 2. The maximum Gasteiger partial charge on any atom is 0.290 e. The molecule has 0 unspecified atom stereocenters. The van der Waals surface area contributed by atoms with Crippen LogP contribution in [0.4, 0.5) is 14.5 Å². The van der Waals surface area contributed by atoms with Crippen molar-refractivity contribution in [3.63, 3.8) is 0 Å². The van der Waals surface area contributed by atoms with Gasteiger partial charge in [-0.05, 0) is 24.0 Å². The number of benzene rings is 2. The second-order valence-corrected chi connectivity index (χ2v) is 5.08. The van der Waals surface area contributed by atoms with E-state index in [1.807, 2.05) is 32.0 Å². The Hall–Kier alpha value is -1.90. The highest BCUT2D eigenvalue weighted by Crippen LogP contribution is 2.30. The number of nitrogens with one attached hydrogen (secondary N) is 1. The molecule has 2 aromatic carbocycles. The van der Waals surface area contributed by atoms with Gasteiger partial charge in [-0.2, -0.15) is 8.78 Å². The Morgan fingerprint density at radius 2 is 1.43 bits per heavy atom.